The number of carbonyl (C=O) groups excluding carboxylic acids is 2. The minimum absolute atomic E-state index is 0.0252. The molecule has 1 spiro atoms. The molecule has 0 bridgehead atoms. The third kappa shape index (κ3) is 4.51. The molecular formula is C32H42N4O2. The summed E-state index contributed by atoms with van der Waals surface area (Å²) < 4.78 is 0. The molecule has 0 N–H and O–H groups in total. The van der Waals surface area contributed by atoms with Crippen molar-refractivity contribution in [3.8, 4) is 0 Å². The van der Waals surface area contributed by atoms with Crippen LogP contribution in [-0.4, -0.2) is 83.4 Å². The number of carbonyl (C=O) groups is 2. The van der Waals surface area contributed by atoms with Gasteiger partial charge in [-0.05, 0) is 89.1 Å². The Morgan fingerprint density at radius 1 is 0.868 bits per heavy atom. The van der Waals surface area contributed by atoms with Gasteiger partial charge in [-0.3, -0.25) is 9.69 Å². The first kappa shape index (κ1) is 25.4. The number of urea groups is 1. The molecule has 2 aromatic rings. The van der Waals surface area contributed by atoms with Crippen LogP contribution in [0.15, 0.2) is 60.7 Å². The van der Waals surface area contributed by atoms with Crippen molar-refractivity contribution in [3.05, 3.63) is 71.8 Å². The lowest BCUT2D eigenvalue weighted by molar-refractivity contribution is 0.0221. The summed E-state index contributed by atoms with van der Waals surface area (Å²) in [6.07, 6.45) is 8.46. The molecule has 2 saturated carbocycles. The second kappa shape index (κ2) is 10.0. The van der Waals surface area contributed by atoms with E-state index in [1.165, 1.54) is 18.4 Å². The zero-order chi connectivity index (χ0) is 26.3. The SMILES string of the molecule is CN(C)[C@]1(c2ccccc2)CC[C@@]2(CC1)CN(C1CCN(C(=O)c3ccccc3)CC1)C(=O)N2CC1CC1. The Labute approximate surface area is 227 Å². The molecule has 202 valence electrons. The predicted octanol–water partition coefficient (Wildman–Crippen LogP) is 5.21. The van der Waals surface area contributed by atoms with Crippen LogP contribution in [0, 0.1) is 5.92 Å². The second-order valence-corrected chi connectivity index (χ2v) is 12.4. The van der Waals surface area contributed by atoms with Gasteiger partial charge in [0.2, 0.25) is 0 Å². The molecule has 0 aromatic heterocycles. The van der Waals surface area contributed by atoms with E-state index in [9.17, 15) is 9.59 Å². The van der Waals surface area contributed by atoms with Gasteiger partial charge >= 0.3 is 6.03 Å². The Kier molecular flexibility index (Phi) is 6.71. The van der Waals surface area contributed by atoms with E-state index in [1.807, 2.05) is 35.2 Å². The lowest BCUT2D eigenvalue weighted by atomic mass is 9.68. The number of amides is 3. The summed E-state index contributed by atoms with van der Waals surface area (Å²) in [6.45, 7) is 3.19. The molecule has 2 aliphatic heterocycles. The number of hydrogen-bond acceptors (Lipinski definition) is 3. The molecule has 0 unspecified atom stereocenters. The quantitative estimate of drug-likeness (QED) is 0.532. The zero-order valence-corrected chi connectivity index (χ0v) is 23.0. The van der Waals surface area contributed by atoms with E-state index in [0.717, 1.165) is 70.3 Å². The molecule has 2 heterocycles. The number of piperidine rings is 1. The summed E-state index contributed by atoms with van der Waals surface area (Å²) in [6, 6.07) is 21.0. The van der Waals surface area contributed by atoms with Gasteiger partial charge in [0, 0.05) is 43.3 Å². The molecule has 2 aromatic carbocycles. The number of hydrogen-bond donors (Lipinski definition) is 0. The normalized spacial score (nSPS) is 28.5. The van der Waals surface area contributed by atoms with Crippen LogP contribution in [0.25, 0.3) is 0 Å². The molecule has 38 heavy (non-hydrogen) atoms. The summed E-state index contributed by atoms with van der Waals surface area (Å²) in [5.41, 5.74) is 2.11. The fraction of sp³-hybridized carbons (Fsp3) is 0.562. The highest BCUT2D eigenvalue weighted by Crippen LogP contribution is 2.50. The molecule has 2 saturated heterocycles. The van der Waals surface area contributed by atoms with Crippen molar-refractivity contribution in [1.29, 1.82) is 0 Å². The highest BCUT2D eigenvalue weighted by Gasteiger charge is 2.56. The van der Waals surface area contributed by atoms with Gasteiger partial charge in [-0.1, -0.05) is 48.5 Å². The van der Waals surface area contributed by atoms with Crippen molar-refractivity contribution in [1.82, 2.24) is 19.6 Å². The van der Waals surface area contributed by atoms with Crippen LogP contribution in [-0.2, 0) is 5.54 Å². The maximum Gasteiger partial charge on any atom is 0.320 e. The number of likely N-dealkylation sites (tertiary alicyclic amines) is 1. The van der Waals surface area contributed by atoms with Crippen molar-refractivity contribution < 1.29 is 9.59 Å². The monoisotopic (exact) mass is 514 g/mol. The number of nitrogens with zero attached hydrogens (tertiary/aromatic N) is 4. The molecule has 4 aliphatic rings. The van der Waals surface area contributed by atoms with E-state index >= 15 is 0 Å². The fourth-order valence-electron chi connectivity index (χ4n) is 7.39. The first-order valence-corrected chi connectivity index (χ1v) is 14.6. The van der Waals surface area contributed by atoms with Gasteiger partial charge in [-0.15, -0.1) is 0 Å². The number of rotatable bonds is 6. The predicted molar refractivity (Wildman–Crippen MR) is 150 cm³/mol. The average molecular weight is 515 g/mol. The third-order valence-electron chi connectivity index (χ3n) is 10.0. The van der Waals surface area contributed by atoms with Crippen LogP contribution in [0.2, 0.25) is 0 Å². The van der Waals surface area contributed by atoms with Crippen molar-refractivity contribution in [2.24, 2.45) is 5.92 Å². The summed E-state index contributed by atoms with van der Waals surface area (Å²) in [5.74, 6) is 0.785. The second-order valence-electron chi connectivity index (χ2n) is 12.4. The average Bonchev–Trinajstić information content (AvgIpc) is 3.75. The van der Waals surface area contributed by atoms with E-state index in [1.54, 1.807) is 0 Å². The molecule has 6 nitrogen and oxygen atoms in total. The van der Waals surface area contributed by atoms with Gasteiger partial charge in [0.15, 0.2) is 0 Å². The molecule has 6 heteroatoms. The van der Waals surface area contributed by atoms with Crippen LogP contribution in [0.1, 0.15) is 67.3 Å². The first-order chi connectivity index (χ1) is 18.4. The largest absolute Gasteiger partial charge is 0.338 e. The van der Waals surface area contributed by atoms with Crippen LogP contribution >= 0.6 is 0 Å². The van der Waals surface area contributed by atoms with Gasteiger partial charge in [0.05, 0.1) is 5.54 Å². The minimum atomic E-state index is -0.0645. The molecule has 2 aliphatic carbocycles. The summed E-state index contributed by atoms with van der Waals surface area (Å²) in [4.78, 5) is 35.9. The zero-order valence-electron chi connectivity index (χ0n) is 23.0. The third-order valence-corrected chi connectivity index (χ3v) is 10.0. The van der Waals surface area contributed by atoms with Crippen LogP contribution in [0.5, 0.6) is 0 Å². The van der Waals surface area contributed by atoms with Crippen LogP contribution < -0.4 is 0 Å². The summed E-state index contributed by atoms with van der Waals surface area (Å²) in [5, 5.41) is 0. The molecule has 4 fully saturated rings. The lowest BCUT2D eigenvalue weighted by Crippen LogP contribution is -2.55. The van der Waals surface area contributed by atoms with Gasteiger partial charge in [-0.2, -0.15) is 0 Å². The Hall–Kier alpha value is -2.86. The van der Waals surface area contributed by atoms with Gasteiger partial charge in [0.25, 0.3) is 5.91 Å². The topological polar surface area (TPSA) is 47.1 Å². The van der Waals surface area contributed by atoms with Crippen LogP contribution in [0.4, 0.5) is 4.79 Å². The maximum absolute atomic E-state index is 14.0. The van der Waals surface area contributed by atoms with E-state index in [4.69, 9.17) is 0 Å². The van der Waals surface area contributed by atoms with Crippen molar-refractivity contribution in [2.75, 3.05) is 40.3 Å². The molecule has 0 radical (unpaired) electrons. The van der Waals surface area contributed by atoms with E-state index in [0.29, 0.717) is 5.92 Å². The summed E-state index contributed by atoms with van der Waals surface area (Å²) in [7, 11) is 4.42. The van der Waals surface area contributed by atoms with Crippen LogP contribution in [0.3, 0.4) is 0 Å². The number of benzene rings is 2. The van der Waals surface area contributed by atoms with Gasteiger partial charge in [-0.25, -0.2) is 4.79 Å². The fourth-order valence-corrected chi connectivity index (χ4v) is 7.39. The Bertz CT molecular complexity index is 1130. The molecule has 6 rings (SSSR count). The smallest absolute Gasteiger partial charge is 0.320 e. The lowest BCUT2D eigenvalue weighted by Gasteiger charge is -2.51. The summed E-state index contributed by atoms with van der Waals surface area (Å²) >= 11 is 0. The van der Waals surface area contributed by atoms with Crippen molar-refractivity contribution >= 4 is 11.9 Å². The minimum Gasteiger partial charge on any atom is -0.338 e. The van der Waals surface area contributed by atoms with Gasteiger partial charge < -0.3 is 14.7 Å². The van der Waals surface area contributed by atoms with E-state index in [2.05, 4.69) is 59.1 Å². The Morgan fingerprint density at radius 2 is 1.47 bits per heavy atom. The van der Waals surface area contributed by atoms with E-state index in [-0.39, 0.29) is 29.1 Å². The molecular weight excluding hydrogens is 472 g/mol. The molecule has 0 atom stereocenters. The highest BCUT2D eigenvalue weighted by molar-refractivity contribution is 5.94. The van der Waals surface area contributed by atoms with Gasteiger partial charge in [0.1, 0.15) is 0 Å². The van der Waals surface area contributed by atoms with Crippen molar-refractivity contribution in [3.63, 3.8) is 0 Å². The molecule has 3 amide bonds. The standard InChI is InChI=1S/C32H42N4O2/c1-33(2)32(27-11-7-4-8-12-27)19-17-31(18-20-32)24-35(30(38)36(31)23-25-13-14-25)28-15-21-34(22-16-28)29(37)26-9-5-3-6-10-26/h3-12,25,28H,13-24H2,1-2H3/t31-,32-. The first-order valence-electron chi connectivity index (χ1n) is 14.6. The van der Waals surface area contributed by atoms with E-state index < -0.39 is 0 Å². The van der Waals surface area contributed by atoms with Crippen molar-refractivity contribution in [2.45, 2.75) is 68.5 Å². The maximum atomic E-state index is 14.0. The highest BCUT2D eigenvalue weighted by atomic mass is 16.2. The Balaban J connectivity index is 1.17. The Morgan fingerprint density at radius 3 is 2.05 bits per heavy atom.